The lowest BCUT2D eigenvalue weighted by Crippen LogP contribution is -2.30. The van der Waals surface area contributed by atoms with Gasteiger partial charge in [0.2, 0.25) is 11.5 Å². The zero-order valence-electron chi connectivity index (χ0n) is 20.6. The van der Waals surface area contributed by atoms with Gasteiger partial charge in [-0.3, -0.25) is 4.79 Å². The molecule has 3 aliphatic rings. The molecule has 0 saturated heterocycles. The molecule has 6 rings (SSSR count). The highest BCUT2D eigenvalue weighted by molar-refractivity contribution is 6.42. The number of fused-ring (bicyclic) bond motifs is 3. The Hall–Kier alpha value is -3.11. The number of carbonyl (C=O) groups excluding carboxylic acids is 1. The highest BCUT2D eigenvalue weighted by Crippen LogP contribution is 2.47. The van der Waals surface area contributed by atoms with Gasteiger partial charge in [0, 0.05) is 22.7 Å². The Morgan fingerprint density at radius 2 is 1.94 bits per heavy atom. The van der Waals surface area contributed by atoms with Crippen LogP contribution in [0.25, 0.3) is 11.3 Å². The number of hydrogen-bond donors (Lipinski definition) is 0. The summed E-state index contributed by atoms with van der Waals surface area (Å²) in [5.74, 6) is 1.17. The second-order valence-corrected chi connectivity index (χ2v) is 10.9. The van der Waals surface area contributed by atoms with Gasteiger partial charge >= 0.3 is 15.9 Å². The number of halogens is 1. The van der Waals surface area contributed by atoms with Gasteiger partial charge in [-0.15, -0.1) is 0 Å². The van der Waals surface area contributed by atoms with Crippen LogP contribution in [0.3, 0.4) is 0 Å². The van der Waals surface area contributed by atoms with Crippen molar-refractivity contribution in [2.75, 3.05) is 7.05 Å². The van der Waals surface area contributed by atoms with Crippen molar-refractivity contribution < 1.29 is 16.9 Å². The van der Waals surface area contributed by atoms with E-state index in [0.717, 1.165) is 46.7 Å². The Morgan fingerprint density at radius 1 is 1.17 bits per heavy atom. The molecule has 3 aromatic rings. The van der Waals surface area contributed by atoms with Crippen LogP contribution in [-0.2, 0) is 20.4 Å². The fraction of sp³-hybridized carbons (Fsp3) is 0.250. The first-order chi connectivity index (χ1) is 17.3. The lowest BCUT2D eigenvalue weighted by Gasteiger charge is -2.25. The van der Waals surface area contributed by atoms with E-state index in [1.807, 2.05) is 61.7 Å². The zero-order chi connectivity index (χ0) is 25.2. The molecule has 179 valence electrons. The summed E-state index contributed by atoms with van der Waals surface area (Å²) in [6.07, 6.45) is 3.62. The standard InChI is InChI=1S/C28H26ClN3O3.Al/c1-5-9-20-23(27(35)32(30-20)17-10-7-6-8-11-17)24-25(33)18(26(24)34)15-22-28(2,3)19-14-16(29)12-13-21(19)31(22)4;/h6-8,10-15,33H,5,9H2,1-4H3;/q;+2/p-1. The van der Waals surface area contributed by atoms with Crippen molar-refractivity contribution in [1.82, 2.24) is 9.78 Å². The molecule has 0 amide bonds. The monoisotopic (exact) mass is 513 g/mol. The van der Waals surface area contributed by atoms with Gasteiger partial charge in [-0.2, -0.15) is 9.67 Å². The van der Waals surface area contributed by atoms with E-state index in [-0.39, 0.29) is 11.2 Å². The molecular weight excluding hydrogens is 489 g/mol. The van der Waals surface area contributed by atoms with Crippen molar-refractivity contribution >= 4 is 50.2 Å². The number of benzene rings is 2. The van der Waals surface area contributed by atoms with Crippen LogP contribution in [0, 0.1) is 0 Å². The van der Waals surface area contributed by atoms with Gasteiger partial charge in [0.25, 0.3) is 0 Å². The summed E-state index contributed by atoms with van der Waals surface area (Å²) in [7, 11) is 2.02. The van der Waals surface area contributed by atoms with Gasteiger partial charge in [0.1, 0.15) is 12.8 Å². The number of allylic oxidation sites excluding steroid dienone is 3. The molecule has 0 unspecified atom stereocenters. The van der Waals surface area contributed by atoms with Crippen molar-refractivity contribution in [2.45, 2.75) is 39.0 Å². The first-order valence-corrected chi connectivity index (χ1v) is 13.4. The van der Waals surface area contributed by atoms with Gasteiger partial charge in [-0.05, 0) is 44.5 Å². The average molecular weight is 514 g/mol. The molecular formula is C28H25AlClN3O3+. The second-order valence-electron chi connectivity index (χ2n) is 9.78. The Balaban J connectivity index is 1.49. The van der Waals surface area contributed by atoms with Crippen LogP contribution in [0.4, 0.5) is 5.69 Å². The van der Waals surface area contributed by atoms with Crippen molar-refractivity contribution in [3.8, 4) is 11.6 Å². The minimum absolute atomic E-state index is 0.0354. The number of rotatable bonds is 4. The van der Waals surface area contributed by atoms with Gasteiger partial charge < -0.3 is 7.58 Å². The molecule has 0 bridgehead atoms. The van der Waals surface area contributed by atoms with Crippen LogP contribution in [0.15, 0.2) is 65.9 Å². The van der Waals surface area contributed by atoms with Gasteiger partial charge in [0.05, 0.1) is 33.5 Å². The summed E-state index contributed by atoms with van der Waals surface area (Å²) in [6.45, 7) is 6.41. The van der Waals surface area contributed by atoms with Crippen LogP contribution in [0.1, 0.15) is 44.0 Å². The normalized spacial score (nSPS) is 18.6. The molecule has 0 fully saturated rings. The maximum absolute atomic E-state index is 13.7. The highest BCUT2D eigenvalue weighted by Gasteiger charge is 2.48. The highest BCUT2D eigenvalue weighted by atomic mass is 35.5. The predicted molar refractivity (Wildman–Crippen MR) is 140 cm³/mol. The minimum Gasteiger partial charge on any atom is -0.615 e. The lowest BCUT2D eigenvalue weighted by molar-refractivity contribution is -0.401. The number of nitrogens with zero attached hydrogens (tertiary/aromatic N) is 3. The third kappa shape index (κ3) is 3.34. The first kappa shape index (κ1) is 23.3. The van der Waals surface area contributed by atoms with Crippen LogP contribution in [0.2, 0.25) is 5.02 Å². The number of ketones is 1. The maximum Gasteiger partial charge on any atom is 0.883 e. The third-order valence-electron chi connectivity index (χ3n) is 7.20. The Bertz CT molecular complexity index is 1530. The largest absolute Gasteiger partial charge is 0.883 e. The number of aromatic nitrogens is 2. The molecule has 1 aromatic heterocycles. The van der Waals surface area contributed by atoms with Crippen LogP contribution in [0.5, 0.6) is 5.88 Å². The van der Waals surface area contributed by atoms with Crippen molar-refractivity contribution in [3.05, 3.63) is 87.8 Å². The van der Waals surface area contributed by atoms with Gasteiger partial charge in [0.15, 0.2) is 11.6 Å². The average Bonchev–Trinajstić information content (AvgIpc) is 3.21. The molecule has 36 heavy (non-hydrogen) atoms. The van der Waals surface area contributed by atoms with Crippen LogP contribution < -0.4 is 3.79 Å². The molecule has 0 atom stereocenters. The van der Waals surface area contributed by atoms with E-state index in [2.05, 4.69) is 25.3 Å². The van der Waals surface area contributed by atoms with Crippen molar-refractivity contribution in [3.63, 3.8) is 0 Å². The van der Waals surface area contributed by atoms with Crippen LogP contribution in [-0.4, -0.2) is 48.8 Å². The fourth-order valence-electron chi connectivity index (χ4n) is 5.38. The van der Waals surface area contributed by atoms with Crippen molar-refractivity contribution in [1.29, 1.82) is 0 Å². The molecule has 2 aliphatic heterocycles. The van der Waals surface area contributed by atoms with Gasteiger partial charge in [-0.1, -0.05) is 43.1 Å². The number of Topliss-reactive ketones (excluding diaryl/α,β-unsaturated/α-hetero) is 1. The second kappa shape index (κ2) is 8.48. The summed E-state index contributed by atoms with van der Waals surface area (Å²) in [5.41, 5.74) is 6.60. The van der Waals surface area contributed by atoms with Crippen molar-refractivity contribution in [2.24, 2.45) is 0 Å². The van der Waals surface area contributed by atoms with E-state index in [1.54, 1.807) is 4.68 Å². The third-order valence-corrected chi connectivity index (χ3v) is 8.08. The summed E-state index contributed by atoms with van der Waals surface area (Å²) in [6, 6.07) is 15.8. The van der Waals surface area contributed by atoms with E-state index in [4.69, 9.17) is 24.3 Å². The molecule has 1 radical (unpaired) electrons. The fourth-order valence-corrected chi connectivity index (χ4v) is 6.25. The number of carbonyl (C=O) groups is 1. The SMILES string of the molecule is CCCc1nn(-c2ccccc2)c2c1C1=C([O][Al][O]2)/C(=C/C2=[N+](C)c3ccc(Cl)cc3C2(C)C)C1=O. The van der Waals surface area contributed by atoms with E-state index < -0.39 is 15.9 Å². The summed E-state index contributed by atoms with van der Waals surface area (Å²) < 4.78 is 16.2. The number of aryl methyl sites for hydroxylation is 1. The summed E-state index contributed by atoms with van der Waals surface area (Å²) in [5, 5.41) is 5.57. The smallest absolute Gasteiger partial charge is 0.615 e. The number of hydrogen-bond acceptors (Lipinski definition) is 4. The summed E-state index contributed by atoms with van der Waals surface area (Å²) >= 11 is 5.46. The lowest BCUT2D eigenvalue weighted by atomic mass is 9.77. The molecule has 8 heteroatoms. The van der Waals surface area contributed by atoms with E-state index in [0.29, 0.717) is 27.8 Å². The molecule has 3 heterocycles. The van der Waals surface area contributed by atoms with E-state index in [9.17, 15) is 4.79 Å². The Kier molecular flexibility index (Phi) is 5.49. The topological polar surface area (TPSA) is 56.4 Å². The molecule has 0 spiro atoms. The maximum atomic E-state index is 13.7. The Labute approximate surface area is 221 Å². The minimum atomic E-state index is -0.854. The van der Waals surface area contributed by atoms with Crippen LogP contribution >= 0.6 is 11.6 Å². The first-order valence-electron chi connectivity index (χ1n) is 12.1. The zero-order valence-corrected chi connectivity index (χ0v) is 22.5. The van der Waals surface area contributed by atoms with Gasteiger partial charge in [-0.25, -0.2) is 4.68 Å². The molecule has 0 saturated carbocycles. The van der Waals surface area contributed by atoms with E-state index >= 15 is 0 Å². The number of para-hydroxylation sites is 1. The molecule has 2 aromatic carbocycles. The molecule has 6 nitrogen and oxygen atoms in total. The molecule has 0 N–H and O–H groups in total. The Morgan fingerprint density at radius 3 is 2.69 bits per heavy atom. The van der Waals surface area contributed by atoms with E-state index in [1.165, 1.54) is 0 Å². The predicted octanol–water partition coefficient (Wildman–Crippen LogP) is 5.35. The summed E-state index contributed by atoms with van der Waals surface area (Å²) in [4.78, 5) is 13.7. The quantitative estimate of drug-likeness (QED) is 0.268. The molecule has 1 aliphatic carbocycles.